The Labute approximate surface area is 123 Å². The van der Waals surface area contributed by atoms with Gasteiger partial charge < -0.3 is 15.1 Å². The smallest absolute Gasteiger partial charge is 0.151 e. The van der Waals surface area contributed by atoms with Crippen LogP contribution < -0.4 is 10.2 Å². The fourth-order valence-corrected chi connectivity index (χ4v) is 2.93. The molecule has 0 radical (unpaired) electrons. The van der Waals surface area contributed by atoms with Gasteiger partial charge in [-0.2, -0.15) is 0 Å². The maximum absolute atomic E-state index is 4.46. The van der Waals surface area contributed by atoms with Crippen molar-refractivity contribution in [2.24, 2.45) is 0 Å². The minimum Gasteiger partial charge on any atom is -0.379 e. The summed E-state index contributed by atoms with van der Waals surface area (Å²) in [5.41, 5.74) is 1.16. The van der Waals surface area contributed by atoms with E-state index >= 15 is 0 Å². The van der Waals surface area contributed by atoms with Crippen LogP contribution in [0.1, 0.15) is 32.6 Å². The van der Waals surface area contributed by atoms with Gasteiger partial charge in [0.05, 0.1) is 5.69 Å². The summed E-state index contributed by atoms with van der Waals surface area (Å²) in [5, 5.41) is 3.70. The molecule has 1 aliphatic rings. The highest BCUT2D eigenvalue weighted by Crippen LogP contribution is 2.24. The SMILES string of the molecule is CCCN1CCCC(Nc2cccnc2N(C)C)CC1. The van der Waals surface area contributed by atoms with Gasteiger partial charge in [-0.05, 0) is 50.9 Å². The van der Waals surface area contributed by atoms with Crippen LogP contribution in [-0.2, 0) is 0 Å². The van der Waals surface area contributed by atoms with Crippen LogP contribution in [0.15, 0.2) is 18.3 Å². The molecule has 20 heavy (non-hydrogen) atoms. The lowest BCUT2D eigenvalue weighted by molar-refractivity contribution is 0.285. The van der Waals surface area contributed by atoms with Crippen LogP contribution in [0.2, 0.25) is 0 Å². The maximum Gasteiger partial charge on any atom is 0.151 e. The van der Waals surface area contributed by atoms with Gasteiger partial charge in [-0.1, -0.05) is 6.92 Å². The first-order chi connectivity index (χ1) is 9.70. The molecule has 0 aromatic carbocycles. The highest BCUT2D eigenvalue weighted by Gasteiger charge is 2.17. The first kappa shape index (κ1) is 15.1. The topological polar surface area (TPSA) is 31.4 Å². The van der Waals surface area contributed by atoms with E-state index in [1.807, 2.05) is 26.4 Å². The number of pyridine rings is 1. The number of anilines is 2. The number of rotatable bonds is 5. The van der Waals surface area contributed by atoms with Crippen LogP contribution in [0.3, 0.4) is 0 Å². The number of hydrogen-bond donors (Lipinski definition) is 1. The third kappa shape index (κ3) is 4.10. The molecule has 4 heteroatoms. The third-order valence-electron chi connectivity index (χ3n) is 3.93. The Morgan fingerprint density at radius 2 is 2.20 bits per heavy atom. The molecule has 1 unspecified atom stereocenters. The Kier molecular flexibility index (Phi) is 5.65. The molecule has 1 aromatic heterocycles. The summed E-state index contributed by atoms with van der Waals surface area (Å²) >= 11 is 0. The summed E-state index contributed by atoms with van der Waals surface area (Å²) in [7, 11) is 4.09. The average Bonchev–Trinajstić information content (AvgIpc) is 2.65. The molecule has 1 aliphatic heterocycles. The van der Waals surface area contributed by atoms with Gasteiger partial charge in [0.1, 0.15) is 0 Å². The van der Waals surface area contributed by atoms with E-state index in [2.05, 4.69) is 33.1 Å². The summed E-state index contributed by atoms with van der Waals surface area (Å²) in [6.07, 6.45) is 6.88. The van der Waals surface area contributed by atoms with Crippen molar-refractivity contribution in [3.63, 3.8) is 0 Å². The van der Waals surface area contributed by atoms with Crippen LogP contribution in [0.4, 0.5) is 11.5 Å². The molecule has 1 saturated heterocycles. The Bertz CT molecular complexity index is 405. The highest BCUT2D eigenvalue weighted by atomic mass is 15.2. The molecule has 4 nitrogen and oxygen atoms in total. The zero-order valence-electron chi connectivity index (χ0n) is 13.1. The second-order valence-electron chi connectivity index (χ2n) is 5.88. The molecular formula is C16H28N4. The molecule has 0 bridgehead atoms. The van der Waals surface area contributed by atoms with Crippen LogP contribution >= 0.6 is 0 Å². The molecular weight excluding hydrogens is 248 g/mol. The molecule has 0 amide bonds. The number of likely N-dealkylation sites (tertiary alicyclic amines) is 1. The van der Waals surface area contributed by atoms with Crippen molar-refractivity contribution in [1.29, 1.82) is 0 Å². The molecule has 2 rings (SSSR count). The largest absolute Gasteiger partial charge is 0.379 e. The lowest BCUT2D eigenvalue weighted by atomic mass is 10.1. The van der Waals surface area contributed by atoms with Crippen molar-refractivity contribution in [3.05, 3.63) is 18.3 Å². The van der Waals surface area contributed by atoms with E-state index in [0.717, 1.165) is 11.5 Å². The number of nitrogens with one attached hydrogen (secondary N) is 1. The minimum absolute atomic E-state index is 0.569. The van der Waals surface area contributed by atoms with Gasteiger partial charge in [0.15, 0.2) is 5.82 Å². The van der Waals surface area contributed by atoms with Crippen LogP contribution in [0.25, 0.3) is 0 Å². The molecule has 1 aromatic rings. The van der Waals surface area contributed by atoms with Gasteiger partial charge in [0, 0.05) is 32.9 Å². The van der Waals surface area contributed by atoms with Crippen LogP contribution in [-0.4, -0.2) is 49.7 Å². The second-order valence-corrected chi connectivity index (χ2v) is 5.88. The highest BCUT2D eigenvalue weighted by molar-refractivity contribution is 5.65. The van der Waals surface area contributed by atoms with Crippen LogP contribution in [0, 0.1) is 0 Å². The number of hydrogen-bond acceptors (Lipinski definition) is 4. The van der Waals surface area contributed by atoms with Crippen molar-refractivity contribution >= 4 is 11.5 Å². The average molecular weight is 276 g/mol. The van der Waals surface area contributed by atoms with E-state index in [1.54, 1.807) is 0 Å². The molecule has 0 spiro atoms. The van der Waals surface area contributed by atoms with Gasteiger partial charge in [-0.3, -0.25) is 0 Å². The lowest BCUT2D eigenvalue weighted by Gasteiger charge is -2.22. The van der Waals surface area contributed by atoms with Gasteiger partial charge in [0.25, 0.3) is 0 Å². The van der Waals surface area contributed by atoms with Crippen molar-refractivity contribution in [2.75, 3.05) is 43.9 Å². The lowest BCUT2D eigenvalue weighted by Crippen LogP contribution is -2.27. The first-order valence-electron chi connectivity index (χ1n) is 7.82. The van der Waals surface area contributed by atoms with Gasteiger partial charge >= 0.3 is 0 Å². The van der Waals surface area contributed by atoms with Crippen molar-refractivity contribution in [2.45, 2.75) is 38.6 Å². The molecule has 1 N–H and O–H groups in total. The zero-order valence-corrected chi connectivity index (χ0v) is 13.1. The predicted octanol–water partition coefficient (Wildman–Crippen LogP) is 2.82. The summed E-state index contributed by atoms with van der Waals surface area (Å²) in [5.74, 6) is 1.03. The third-order valence-corrected chi connectivity index (χ3v) is 3.93. The fourth-order valence-electron chi connectivity index (χ4n) is 2.93. The summed E-state index contributed by atoms with van der Waals surface area (Å²) in [6, 6.07) is 4.71. The molecule has 2 heterocycles. The quantitative estimate of drug-likeness (QED) is 0.896. The molecule has 0 aliphatic carbocycles. The van der Waals surface area contributed by atoms with Gasteiger partial charge in [-0.25, -0.2) is 4.98 Å². The number of nitrogens with zero attached hydrogens (tertiary/aromatic N) is 3. The Morgan fingerprint density at radius 3 is 2.95 bits per heavy atom. The Hall–Kier alpha value is -1.29. The molecule has 1 fully saturated rings. The standard InChI is InChI=1S/C16H28N4/c1-4-11-20-12-6-7-14(9-13-20)18-15-8-5-10-17-16(15)19(2)3/h5,8,10,14,18H,4,6-7,9,11-13H2,1-3H3. The number of aromatic nitrogens is 1. The Balaban J connectivity index is 1.96. The molecule has 112 valence electrons. The fraction of sp³-hybridized carbons (Fsp3) is 0.688. The monoisotopic (exact) mass is 276 g/mol. The Morgan fingerprint density at radius 1 is 1.35 bits per heavy atom. The van der Waals surface area contributed by atoms with E-state index < -0.39 is 0 Å². The zero-order chi connectivity index (χ0) is 14.4. The van der Waals surface area contributed by atoms with E-state index in [-0.39, 0.29) is 0 Å². The molecule has 0 saturated carbocycles. The predicted molar refractivity (Wildman–Crippen MR) is 86.6 cm³/mol. The molecule has 1 atom stereocenters. The van der Waals surface area contributed by atoms with E-state index in [1.165, 1.54) is 45.3 Å². The summed E-state index contributed by atoms with van der Waals surface area (Å²) < 4.78 is 0. The summed E-state index contributed by atoms with van der Waals surface area (Å²) in [6.45, 7) is 5.96. The van der Waals surface area contributed by atoms with Crippen molar-refractivity contribution in [3.8, 4) is 0 Å². The first-order valence-corrected chi connectivity index (χ1v) is 7.82. The van der Waals surface area contributed by atoms with Crippen molar-refractivity contribution < 1.29 is 0 Å². The van der Waals surface area contributed by atoms with E-state index in [4.69, 9.17) is 0 Å². The maximum atomic E-state index is 4.46. The van der Waals surface area contributed by atoms with E-state index in [0.29, 0.717) is 6.04 Å². The normalized spacial score (nSPS) is 20.4. The summed E-state index contributed by atoms with van der Waals surface area (Å²) in [4.78, 5) is 9.13. The van der Waals surface area contributed by atoms with Crippen LogP contribution in [0.5, 0.6) is 0 Å². The van der Waals surface area contributed by atoms with Gasteiger partial charge in [0.2, 0.25) is 0 Å². The van der Waals surface area contributed by atoms with Crippen molar-refractivity contribution in [1.82, 2.24) is 9.88 Å². The second kappa shape index (κ2) is 7.48. The minimum atomic E-state index is 0.569. The van der Waals surface area contributed by atoms with Gasteiger partial charge in [-0.15, -0.1) is 0 Å². The van der Waals surface area contributed by atoms with E-state index in [9.17, 15) is 0 Å².